The number of rotatable bonds is 6. The zero-order chi connectivity index (χ0) is 23.8. The number of nitrogens with two attached hydrogens (primary N) is 1. The Labute approximate surface area is 194 Å². The standard InChI is InChI=1S/C25H22F2N4O3/c1-15-24(32)30(10-8-16-2-5-19(28)12-22(16)27)25(34-15)21-13-31(20-6-3-18(26)4-7-20)29-23(21)17-9-11-33-14-17/h2-7,9,11-15,25H,8,10,28H2,1H3. The second-order valence-corrected chi connectivity index (χ2v) is 8.13. The van der Waals surface area contributed by atoms with E-state index in [9.17, 15) is 13.6 Å². The van der Waals surface area contributed by atoms with E-state index in [4.69, 9.17) is 14.9 Å². The molecule has 1 fully saturated rings. The monoisotopic (exact) mass is 464 g/mol. The molecule has 1 aliphatic heterocycles. The number of ether oxygens (including phenoxy) is 1. The number of nitrogens with zero attached hydrogens (tertiary/aromatic N) is 3. The van der Waals surface area contributed by atoms with E-state index in [0.29, 0.717) is 33.8 Å². The first-order chi connectivity index (χ1) is 16.4. The minimum Gasteiger partial charge on any atom is -0.472 e. The Balaban J connectivity index is 1.51. The van der Waals surface area contributed by atoms with Crippen LogP contribution in [0.5, 0.6) is 0 Å². The van der Waals surface area contributed by atoms with Gasteiger partial charge in [-0.25, -0.2) is 13.5 Å². The van der Waals surface area contributed by atoms with Crippen molar-refractivity contribution in [3.05, 3.63) is 90.0 Å². The third-order valence-electron chi connectivity index (χ3n) is 5.84. The number of aromatic nitrogens is 2. The Morgan fingerprint density at radius 1 is 1.12 bits per heavy atom. The second kappa shape index (κ2) is 8.75. The highest BCUT2D eigenvalue weighted by Crippen LogP contribution is 2.37. The molecule has 7 nitrogen and oxygen atoms in total. The Bertz CT molecular complexity index is 1320. The lowest BCUT2D eigenvalue weighted by Gasteiger charge is -2.23. The van der Waals surface area contributed by atoms with Crippen molar-refractivity contribution in [3.8, 4) is 16.9 Å². The predicted octanol–water partition coefficient (Wildman–Crippen LogP) is 4.48. The van der Waals surface area contributed by atoms with Crippen LogP contribution in [0, 0.1) is 11.6 Å². The maximum atomic E-state index is 14.3. The fourth-order valence-electron chi connectivity index (χ4n) is 4.07. The van der Waals surface area contributed by atoms with Gasteiger partial charge in [0.1, 0.15) is 23.4 Å². The minimum absolute atomic E-state index is 0.200. The highest BCUT2D eigenvalue weighted by Gasteiger charge is 2.40. The van der Waals surface area contributed by atoms with E-state index in [-0.39, 0.29) is 24.7 Å². The van der Waals surface area contributed by atoms with Crippen molar-refractivity contribution in [1.82, 2.24) is 14.7 Å². The smallest absolute Gasteiger partial charge is 0.253 e. The van der Waals surface area contributed by atoms with Crippen molar-refractivity contribution in [3.63, 3.8) is 0 Å². The van der Waals surface area contributed by atoms with Gasteiger partial charge in [-0.15, -0.1) is 0 Å². The summed E-state index contributed by atoms with van der Waals surface area (Å²) in [4.78, 5) is 14.5. The summed E-state index contributed by atoms with van der Waals surface area (Å²) in [5, 5.41) is 4.67. The van der Waals surface area contributed by atoms with E-state index >= 15 is 0 Å². The summed E-state index contributed by atoms with van der Waals surface area (Å²) in [6.45, 7) is 1.92. The molecule has 0 aliphatic carbocycles. The molecule has 174 valence electrons. The molecule has 0 spiro atoms. The van der Waals surface area contributed by atoms with Crippen LogP contribution in [0.1, 0.15) is 24.3 Å². The molecule has 4 aromatic rings. The molecule has 0 radical (unpaired) electrons. The van der Waals surface area contributed by atoms with Crippen LogP contribution in [-0.4, -0.2) is 33.2 Å². The van der Waals surface area contributed by atoms with Crippen molar-refractivity contribution in [1.29, 1.82) is 0 Å². The summed E-state index contributed by atoms with van der Waals surface area (Å²) in [5.74, 6) is -0.972. The van der Waals surface area contributed by atoms with Gasteiger partial charge in [0.05, 0.1) is 18.2 Å². The number of halogens is 2. The quantitative estimate of drug-likeness (QED) is 0.425. The van der Waals surface area contributed by atoms with Crippen molar-refractivity contribution in [2.45, 2.75) is 25.7 Å². The number of hydrogen-bond donors (Lipinski definition) is 1. The average Bonchev–Trinajstić information content (AvgIpc) is 3.54. The minimum atomic E-state index is -0.738. The van der Waals surface area contributed by atoms with E-state index in [1.165, 1.54) is 24.5 Å². The summed E-state index contributed by atoms with van der Waals surface area (Å²) < 4.78 is 40.6. The molecule has 2 aromatic carbocycles. The van der Waals surface area contributed by atoms with Gasteiger partial charge in [0, 0.05) is 29.6 Å². The van der Waals surface area contributed by atoms with Gasteiger partial charge >= 0.3 is 0 Å². The summed E-state index contributed by atoms with van der Waals surface area (Å²) in [7, 11) is 0. The number of benzene rings is 2. The van der Waals surface area contributed by atoms with Gasteiger partial charge in [0.25, 0.3) is 5.91 Å². The molecule has 2 aromatic heterocycles. The number of amides is 1. The van der Waals surface area contributed by atoms with Crippen LogP contribution >= 0.6 is 0 Å². The Morgan fingerprint density at radius 3 is 2.62 bits per heavy atom. The molecule has 1 aliphatic rings. The van der Waals surface area contributed by atoms with E-state index in [1.807, 2.05) is 0 Å². The molecule has 3 heterocycles. The van der Waals surface area contributed by atoms with E-state index in [1.54, 1.807) is 59.3 Å². The number of hydrogen-bond acceptors (Lipinski definition) is 5. The lowest BCUT2D eigenvalue weighted by molar-refractivity contribution is -0.130. The van der Waals surface area contributed by atoms with Crippen LogP contribution in [0.15, 0.2) is 71.7 Å². The summed E-state index contributed by atoms with van der Waals surface area (Å²) in [5.41, 5.74) is 8.99. The maximum Gasteiger partial charge on any atom is 0.253 e. The van der Waals surface area contributed by atoms with Gasteiger partial charge in [-0.1, -0.05) is 6.07 Å². The first-order valence-corrected chi connectivity index (χ1v) is 10.8. The molecular formula is C25H22F2N4O3. The molecule has 9 heteroatoms. The van der Waals surface area contributed by atoms with Crippen LogP contribution in [0.3, 0.4) is 0 Å². The highest BCUT2D eigenvalue weighted by molar-refractivity contribution is 5.83. The number of furan rings is 1. The highest BCUT2D eigenvalue weighted by atomic mass is 19.1. The average molecular weight is 464 g/mol. The van der Waals surface area contributed by atoms with Crippen molar-refractivity contribution in [2.24, 2.45) is 0 Å². The molecule has 2 atom stereocenters. The molecule has 2 N–H and O–H groups in total. The normalized spacial score (nSPS) is 18.1. The van der Waals surface area contributed by atoms with Crippen molar-refractivity contribution < 1.29 is 22.7 Å². The molecule has 1 amide bonds. The van der Waals surface area contributed by atoms with Crippen LogP contribution in [-0.2, 0) is 16.0 Å². The molecule has 5 rings (SSSR count). The molecule has 2 unspecified atom stereocenters. The summed E-state index contributed by atoms with van der Waals surface area (Å²) >= 11 is 0. The van der Waals surface area contributed by atoms with Gasteiger partial charge < -0.3 is 19.8 Å². The maximum absolute atomic E-state index is 14.3. The largest absolute Gasteiger partial charge is 0.472 e. The number of anilines is 1. The van der Waals surface area contributed by atoms with Gasteiger partial charge in [-0.3, -0.25) is 4.79 Å². The molecule has 34 heavy (non-hydrogen) atoms. The topological polar surface area (TPSA) is 86.5 Å². The third-order valence-corrected chi connectivity index (χ3v) is 5.84. The second-order valence-electron chi connectivity index (χ2n) is 8.13. The van der Waals surface area contributed by atoms with Crippen LogP contribution in [0.2, 0.25) is 0 Å². The number of carbonyl (C=O) groups is 1. The Kier molecular flexibility index (Phi) is 5.62. The van der Waals surface area contributed by atoms with Crippen LogP contribution in [0.4, 0.5) is 14.5 Å². The third kappa shape index (κ3) is 4.06. The summed E-state index contributed by atoms with van der Waals surface area (Å²) in [6, 6.07) is 12.2. The zero-order valence-electron chi connectivity index (χ0n) is 18.3. The predicted molar refractivity (Wildman–Crippen MR) is 121 cm³/mol. The van der Waals surface area contributed by atoms with E-state index in [2.05, 4.69) is 5.10 Å². The SMILES string of the molecule is CC1OC(c2cn(-c3ccc(F)cc3)nc2-c2ccoc2)N(CCc2ccc(N)cc2F)C1=O. The van der Waals surface area contributed by atoms with E-state index in [0.717, 1.165) is 0 Å². The molecule has 0 bridgehead atoms. The van der Waals surface area contributed by atoms with Gasteiger partial charge in [0.15, 0.2) is 6.23 Å². The fourth-order valence-corrected chi connectivity index (χ4v) is 4.07. The first-order valence-electron chi connectivity index (χ1n) is 10.8. The zero-order valence-corrected chi connectivity index (χ0v) is 18.3. The lowest BCUT2D eigenvalue weighted by Crippen LogP contribution is -2.32. The van der Waals surface area contributed by atoms with Gasteiger partial charge in [0.2, 0.25) is 0 Å². The van der Waals surface area contributed by atoms with Gasteiger partial charge in [-0.05, 0) is 61.4 Å². The molecular weight excluding hydrogens is 442 g/mol. The van der Waals surface area contributed by atoms with Gasteiger partial charge in [-0.2, -0.15) is 5.10 Å². The van der Waals surface area contributed by atoms with Crippen molar-refractivity contribution in [2.75, 3.05) is 12.3 Å². The van der Waals surface area contributed by atoms with Crippen LogP contribution in [0.25, 0.3) is 16.9 Å². The summed E-state index contributed by atoms with van der Waals surface area (Å²) in [6.07, 6.45) is 3.71. The van der Waals surface area contributed by atoms with Crippen LogP contribution < -0.4 is 5.73 Å². The Morgan fingerprint density at radius 2 is 1.91 bits per heavy atom. The number of nitrogen functional groups attached to an aromatic ring is 1. The van der Waals surface area contributed by atoms with E-state index < -0.39 is 18.1 Å². The molecule has 1 saturated heterocycles. The Hall–Kier alpha value is -3.98. The fraction of sp³-hybridized carbons (Fsp3) is 0.200. The molecule has 0 saturated carbocycles. The lowest BCUT2D eigenvalue weighted by atomic mass is 10.1. The number of carbonyl (C=O) groups excluding carboxylic acids is 1. The van der Waals surface area contributed by atoms with Crippen molar-refractivity contribution >= 4 is 11.6 Å². The first kappa shape index (κ1) is 21.8.